The summed E-state index contributed by atoms with van der Waals surface area (Å²) in [6.45, 7) is 1.80. The van der Waals surface area contributed by atoms with Crippen LogP contribution in [0.5, 0.6) is 0 Å². The molecule has 1 aromatic heterocycles. The molecule has 1 atom stereocenters. The van der Waals surface area contributed by atoms with Crippen LogP contribution in [0, 0.1) is 5.82 Å². The van der Waals surface area contributed by atoms with Crippen molar-refractivity contribution in [2.45, 2.75) is 13.0 Å². The second-order valence-electron chi connectivity index (χ2n) is 8.76. The number of hydrogen-bond acceptors (Lipinski definition) is 3. The van der Waals surface area contributed by atoms with E-state index in [0.29, 0.717) is 28.1 Å². The Kier molecular flexibility index (Phi) is 6.51. The molecular formula is C30H25FN4O2. The summed E-state index contributed by atoms with van der Waals surface area (Å²) < 4.78 is 15.0. The van der Waals surface area contributed by atoms with Crippen molar-refractivity contribution < 1.29 is 9.18 Å². The van der Waals surface area contributed by atoms with Crippen LogP contribution in [-0.4, -0.2) is 27.5 Å². The van der Waals surface area contributed by atoms with Gasteiger partial charge in [-0.15, -0.1) is 0 Å². The lowest BCUT2D eigenvalue weighted by atomic mass is 10.1. The van der Waals surface area contributed by atoms with Gasteiger partial charge in [-0.05, 0) is 66.6 Å². The predicted molar refractivity (Wildman–Crippen MR) is 144 cm³/mol. The number of halogens is 1. The molecule has 6 nitrogen and oxygen atoms in total. The van der Waals surface area contributed by atoms with Gasteiger partial charge in [0.1, 0.15) is 11.6 Å². The van der Waals surface area contributed by atoms with Crippen LogP contribution in [0.1, 0.15) is 18.8 Å². The molecule has 2 amide bonds. The second kappa shape index (κ2) is 10.1. The Morgan fingerprint density at radius 3 is 2.19 bits per heavy atom. The summed E-state index contributed by atoms with van der Waals surface area (Å²) in [5, 5.41) is 3.35. The minimum absolute atomic E-state index is 0.288. The van der Waals surface area contributed by atoms with Gasteiger partial charge in [0.25, 0.3) is 5.56 Å². The topological polar surface area (TPSA) is 67.2 Å². The first-order chi connectivity index (χ1) is 17.9. The Morgan fingerprint density at radius 2 is 1.49 bits per heavy atom. The molecule has 0 fully saturated rings. The fourth-order valence-corrected chi connectivity index (χ4v) is 4.21. The van der Waals surface area contributed by atoms with E-state index in [2.05, 4.69) is 5.32 Å². The third-order valence-corrected chi connectivity index (χ3v) is 6.40. The number of urea groups is 1. The van der Waals surface area contributed by atoms with E-state index < -0.39 is 11.9 Å². The highest BCUT2D eigenvalue weighted by Gasteiger charge is 2.24. The Hall–Kier alpha value is -4.78. The number of nitrogens with one attached hydrogen (secondary N) is 1. The van der Waals surface area contributed by atoms with Gasteiger partial charge in [0, 0.05) is 12.7 Å². The van der Waals surface area contributed by atoms with E-state index in [1.54, 1.807) is 38.2 Å². The third kappa shape index (κ3) is 4.84. The highest BCUT2D eigenvalue weighted by atomic mass is 19.1. The molecule has 0 saturated carbocycles. The summed E-state index contributed by atoms with van der Waals surface area (Å²) in [6.07, 6.45) is 0. The number of aromatic nitrogens is 2. The zero-order valence-electron chi connectivity index (χ0n) is 20.4. The zero-order valence-corrected chi connectivity index (χ0v) is 20.4. The van der Waals surface area contributed by atoms with Gasteiger partial charge >= 0.3 is 6.03 Å². The van der Waals surface area contributed by atoms with Crippen molar-refractivity contribution in [3.63, 3.8) is 0 Å². The quantitative estimate of drug-likeness (QED) is 0.308. The standard InChI is InChI=1S/C30H25FN4O2/c1-20(34(2)30(37)32-24-16-12-22(13-17-24)21-8-4-3-5-9-21)28-33-27-11-7-6-10-26(27)29(36)35(28)25-18-14-23(31)15-19-25/h3-20H,1-2H3,(H,32,37). The molecule has 5 rings (SSSR count). The van der Waals surface area contributed by atoms with Gasteiger partial charge in [0.05, 0.1) is 22.6 Å². The molecule has 0 radical (unpaired) electrons. The normalized spacial score (nSPS) is 11.8. The van der Waals surface area contributed by atoms with Crippen LogP contribution in [0.25, 0.3) is 27.7 Å². The maximum Gasteiger partial charge on any atom is 0.322 e. The number of fused-ring (bicyclic) bond motifs is 1. The van der Waals surface area contributed by atoms with Gasteiger partial charge in [0.2, 0.25) is 0 Å². The van der Waals surface area contributed by atoms with E-state index in [1.807, 2.05) is 54.6 Å². The number of amides is 2. The molecule has 0 aliphatic rings. The van der Waals surface area contributed by atoms with Crippen LogP contribution in [0.2, 0.25) is 0 Å². The third-order valence-electron chi connectivity index (χ3n) is 6.40. The molecule has 0 saturated heterocycles. The Labute approximate surface area is 213 Å². The highest BCUT2D eigenvalue weighted by molar-refractivity contribution is 5.89. The Bertz CT molecular complexity index is 1610. The molecule has 0 spiro atoms. The smallest absolute Gasteiger partial charge is 0.318 e. The van der Waals surface area contributed by atoms with Gasteiger partial charge in [-0.25, -0.2) is 14.2 Å². The van der Waals surface area contributed by atoms with Crippen LogP contribution in [0.4, 0.5) is 14.9 Å². The van der Waals surface area contributed by atoms with Gasteiger partial charge < -0.3 is 10.2 Å². The minimum Gasteiger partial charge on any atom is -0.318 e. The molecule has 4 aromatic carbocycles. The number of carbonyl (C=O) groups is 1. The molecule has 0 bridgehead atoms. The largest absolute Gasteiger partial charge is 0.322 e. The van der Waals surface area contributed by atoms with Crippen molar-refractivity contribution in [1.82, 2.24) is 14.5 Å². The SMILES string of the molecule is CC(c1nc2ccccc2c(=O)n1-c1ccc(F)cc1)N(C)C(=O)Nc1ccc(-c2ccccc2)cc1. The van der Waals surface area contributed by atoms with Crippen molar-refractivity contribution >= 4 is 22.6 Å². The first-order valence-corrected chi connectivity index (χ1v) is 11.9. The number of rotatable bonds is 5. The van der Waals surface area contributed by atoms with Crippen molar-refractivity contribution in [3.05, 3.63) is 125 Å². The average molecular weight is 493 g/mol. The fraction of sp³-hybridized carbons (Fsp3) is 0.100. The van der Waals surface area contributed by atoms with Crippen LogP contribution in [0.15, 0.2) is 108 Å². The highest BCUT2D eigenvalue weighted by Crippen LogP contribution is 2.24. The Balaban J connectivity index is 1.45. The molecule has 5 aromatic rings. The van der Waals surface area contributed by atoms with E-state index >= 15 is 0 Å². The lowest BCUT2D eigenvalue weighted by Crippen LogP contribution is -2.37. The van der Waals surface area contributed by atoms with Crippen molar-refractivity contribution in [2.75, 3.05) is 12.4 Å². The molecule has 7 heteroatoms. The molecule has 1 N–H and O–H groups in total. The van der Waals surface area contributed by atoms with Crippen molar-refractivity contribution in [1.29, 1.82) is 0 Å². The zero-order chi connectivity index (χ0) is 25.9. The molecule has 37 heavy (non-hydrogen) atoms. The fourth-order valence-electron chi connectivity index (χ4n) is 4.21. The average Bonchev–Trinajstić information content (AvgIpc) is 2.94. The summed E-state index contributed by atoms with van der Waals surface area (Å²) in [5.41, 5.74) is 3.49. The number of anilines is 1. The van der Waals surface area contributed by atoms with Crippen LogP contribution in [0.3, 0.4) is 0 Å². The van der Waals surface area contributed by atoms with E-state index in [-0.39, 0.29) is 11.6 Å². The van der Waals surface area contributed by atoms with E-state index in [4.69, 9.17) is 4.98 Å². The summed E-state index contributed by atoms with van der Waals surface area (Å²) >= 11 is 0. The number of carbonyl (C=O) groups excluding carboxylic acids is 1. The summed E-state index contributed by atoms with van der Waals surface area (Å²) in [4.78, 5) is 32.9. The molecule has 0 aliphatic heterocycles. The van der Waals surface area contributed by atoms with Crippen LogP contribution >= 0.6 is 0 Å². The summed E-state index contributed by atoms with van der Waals surface area (Å²) in [5.74, 6) is -0.0395. The van der Waals surface area contributed by atoms with Crippen molar-refractivity contribution in [3.8, 4) is 16.8 Å². The predicted octanol–water partition coefficient (Wildman–Crippen LogP) is 6.42. The van der Waals surface area contributed by atoms with Gasteiger partial charge in [-0.3, -0.25) is 9.36 Å². The maximum atomic E-state index is 13.6. The molecular weight excluding hydrogens is 467 g/mol. The van der Waals surface area contributed by atoms with Crippen molar-refractivity contribution in [2.24, 2.45) is 0 Å². The summed E-state index contributed by atoms with van der Waals surface area (Å²) in [6, 6.07) is 29.3. The lowest BCUT2D eigenvalue weighted by Gasteiger charge is -2.27. The summed E-state index contributed by atoms with van der Waals surface area (Å²) in [7, 11) is 1.65. The number of benzene rings is 4. The first kappa shape index (κ1) is 23.9. The van der Waals surface area contributed by atoms with E-state index in [9.17, 15) is 14.0 Å². The van der Waals surface area contributed by atoms with E-state index in [1.165, 1.54) is 33.7 Å². The lowest BCUT2D eigenvalue weighted by molar-refractivity contribution is 0.205. The monoisotopic (exact) mass is 492 g/mol. The minimum atomic E-state index is -0.578. The van der Waals surface area contributed by atoms with Crippen LogP contribution < -0.4 is 10.9 Å². The first-order valence-electron chi connectivity index (χ1n) is 11.9. The molecule has 1 heterocycles. The van der Waals surface area contributed by atoms with E-state index in [0.717, 1.165) is 11.1 Å². The van der Waals surface area contributed by atoms with Gasteiger partial charge in [-0.1, -0.05) is 54.6 Å². The number of nitrogens with zero attached hydrogens (tertiary/aromatic N) is 3. The second-order valence-corrected chi connectivity index (χ2v) is 8.76. The maximum absolute atomic E-state index is 13.6. The van der Waals surface area contributed by atoms with Gasteiger partial charge in [-0.2, -0.15) is 0 Å². The number of para-hydroxylation sites is 1. The number of hydrogen-bond donors (Lipinski definition) is 1. The van der Waals surface area contributed by atoms with Crippen LogP contribution in [-0.2, 0) is 0 Å². The molecule has 1 unspecified atom stereocenters. The van der Waals surface area contributed by atoms with Gasteiger partial charge in [0.15, 0.2) is 0 Å². The molecule has 184 valence electrons. The Morgan fingerprint density at radius 1 is 0.865 bits per heavy atom. The molecule has 0 aliphatic carbocycles.